The van der Waals surface area contributed by atoms with Crippen molar-refractivity contribution in [1.29, 1.82) is 0 Å². The van der Waals surface area contributed by atoms with Gasteiger partial charge in [0.2, 0.25) is 0 Å². The second kappa shape index (κ2) is 15.9. The third-order valence-corrected chi connectivity index (χ3v) is 16.6. The molecule has 6 fully saturated rings. The van der Waals surface area contributed by atoms with E-state index in [1.807, 2.05) is 34.6 Å². The lowest BCUT2D eigenvalue weighted by Crippen LogP contribution is -2.71. The molecule has 0 aromatic carbocycles. The number of rotatable bonds is 10. The van der Waals surface area contributed by atoms with Gasteiger partial charge in [0, 0.05) is 0 Å². The summed E-state index contributed by atoms with van der Waals surface area (Å²) in [6.07, 6.45) is -9.52. The van der Waals surface area contributed by atoms with Gasteiger partial charge in [-0.1, -0.05) is 46.3 Å². The highest BCUT2D eigenvalue weighted by Gasteiger charge is 2.74. The summed E-state index contributed by atoms with van der Waals surface area (Å²) in [6, 6.07) is 0. The third kappa shape index (κ3) is 7.06. The maximum atomic E-state index is 12.6. The molecular formula is C42H72O14. The molecule has 2 aliphatic heterocycles. The molecule has 6 aliphatic rings. The number of ether oxygens (including phenoxy) is 4. The Morgan fingerprint density at radius 2 is 1.32 bits per heavy atom. The lowest BCUT2D eigenvalue weighted by atomic mass is 9.34. The van der Waals surface area contributed by atoms with E-state index in [-0.39, 0.29) is 23.7 Å². The first-order valence-corrected chi connectivity index (χ1v) is 21.0. The molecule has 0 aromatic heterocycles. The summed E-state index contributed by atoms with van der Waals surface area (Å²) in [6.45, 7) is 15.7. The molecule has 10 N–H and O–H groups in total. The standard InChI is InChI=1S/C42H72O14/c1-20(2)10-9-13-42(8,56-37-34(52)32(50)30(48)25(19-44)55-37)21-11-15-40(6)28(21)22(45)16-26-39(5)14-12-27(46)38(3,4)35(39)23(17-41(26,40)7)53-36-33(51)31(49)29(47)24(18-43)54-36/h10,21-37,43-52H,9,11-19H2,1-8H3/t21-,22+,23+,24+,25-,26+,27-,28+,29+,30-,31+,32+,33+,34+,35-,36-,37-,39-,40+,41+,42-/m0/s1. The summed E-state index contributed by atoms with van der Waals surface area (Å²) in [5, 5.41) is 109. The molecule has 0 unspecified atom stereocenters. The molecule has 14 heteroatoms. The van der Waals surface area contributed by atoms with Gasteiger partial charge in [0.25, 0.3) is 0 Å². The average molecular weight is 801 g/mol. The summed E-state index contributed by atoms with van der Waals surface area (Å²) >= 11 is 0. The number of aliphatic hydroxyl groups is 10. The van der Waals surface area contributed by atoms with Crippen molar-refractivity contribution in [3.63, 3.8) is 0 Å². The van der Waals surface area contributed by atoms with Gasteiger partial charge in [0.1, 0.15) is 48.8 Å². The van der Waals surface area contributed by atoms with Crippen LogP contribution in [0.2, 0.25) is 0 Å². The van der Waals surface area contributed by atoms with Crippen LogP contribution in [0.4, 0.5) is 0 Å². The molecule has 2 saturated heterocycles. The highest BCUT2D eigenvalue weighted by atomic mass is 16.7. The summed E-state index contributed by atoms with van der Waals surface area (Å²) in [7, 11) is 0. The normalized spacial score (nSPS) is 52.6. The van der Waals surface area contributed by atoms with Crippen LogP contribution in [0.15, 0.2) is 11.6 Å². The Bertz CT molecular complexity index is 1400. The van der Waals surface area contributed by atoms with Crippen LogP contribution in [0.5, 0.6) is 0 Å². The van der Waals surface area contributed by atoms with E-state index in [0.29, 0.717) is 44.9 Å². The molecule has 4 aliphatic carbocycles. The van der Waals surface area contributed by atoms with Crippen LogP contribution in [0.3, 0.4) is 0 Å². The largest absolute Gasteiger partial charge is 0.394 e. The monoisotopic (exact) mass is 800 g/mol. The average Bonchev–Trinajstić information content (AvgIpc) is 3.52. The van der Waals surface area contributed by atoms with E-state index in [2.05, 4.69) is 26.8 Å². The maximum Gasteiger partial charge on any atom is 0.187 e. The van der Waals surface area contributed by atoms with E-state index >= 15 is 0 Å². The first-order valence-electron chi connectivity index (χ1n) is 21.0. The van der Waals surface area contributed by atoms with Gasteiger partial charge < -0.3 is 70.0 Å². The van der Waals surface area contributed by atoms with Crippen LogP contribution >= 0.6 is 0 Å². The van der Waals surface area contributed by atoms with Crippen LogP contribution < -0.4 is 0 Å². The molecule has 6 rings (SSSR count). The lowest BCUT2D eigenvalue weighted by molar-refractivity contribution is -0.349. The first-order chi connectivity index (χ1) is 26.0. The van der Waals surface area contributed by atoms with Gasteiger partial charge in [-0.05, 0) is 117 Å². The Kier molecular flexibility index (Phi) is 12.7. The fraction of sp³-hybridized carbons (Fsp3) is 0.952. The van der Waals surface area contributed by atoms with Gasteiger partial charge in [0.05, 0.1) is 37.1 Å². The van der Waals surface area contributed by atoms with Crippen molar-refractivity contribution in [3.05, 3.63) is 11.6 Å². The number of hydrogen-bond donors (Lipinski definition) is 10. The van der Waals surface area contributed by atoms with Crippen LogP contribution in [-0.2, 0) is 18.9 Å². The Balaban J connectivity index is 1.39. The second-order valence-electron chi connectivity index (χ2n) is 20.2. The Labute approximate surface area is 331 Å². The SMILES string of the molecule is CC(C)=CCC[C@](C)(O[C@@H]1O[C@@H](CO)[C@H](O)[C@@H](O)[C@H]1O)[C@H]1CC[C@]2(C)[C@H]1[C@H](O)C[C@@H]1[C@]3(C)CC[C@H](O)C(C)(C)[C@@H]3[C@H](O[C@H]3O[C@H](CO)[C@@H](O)[C@@H](O)[C@H]3O)C[C@]12C. The van der Waals surface area contributed by atoms with Gasteiger partial charge >= 0.3 is 0 Å². The molecule has 14 nitrogen and oxygen atoms in total. The quantitative estimate of drug-likeness (QED) is 0.110. The van der Waals surface area contributed by atoms with E-state index in [1.54, 1.807) is 0 Å². The van der Waals surface area contributed by atoms with Crippen molar-refractivity contribution in [3.8, 4) is 0 Å². The highest BCUT2D eigenvalue weighted by Crippen LogP contribution is 2.76. The van der Waals surface area contributed by atoms with Crippen molar-refractivity contribution >= 4 is 0 Å². The molecule has 0 bridgehead atoms. The van der Waals surface area contributed by atoms with Gasteiger partial charge in [0.15, 0.2) is 12.6 Å². The Hall–Kier alpha value is -0.820. The zero-order valence-corrected chi connectivity index (χ0v) is 34.6. The Morgan fingerprint density at radius 1 is 0.750 bits per heavy atom. The molecule has 4 saturated carbocycles. The van der Waals surface area contributed by atoms with Crippen LogP contribution in [0.25, 0.3) is 0 Å². The molecule has 0 aromatic rings. The predicted molar refractivity (Wildman–Crippen MR) is 202 cm³/mol. The van der Waals surface area contributed by atoms with Gasteiger partial charge in [-0.2, -0.15) is 0 Å². The molecule has 0 spiro atoms. The minimum atomic E-state index is -1.61. The summed E-state index contributed by atoms with van der Waals surface area (Å²) in [5.74, 6) is -0.781. The minimum Gasteiger partial charge on any atom is -0.394 e. The molecule has 324 valence electrons. The first kappa shape index (κ1) is 44.7. The fourth-order valence-corrected chi connectivity index (χ4v) is 13.5. The van der Waals surface area contributed by atoms with Crippen LogP contribution in [-0.4, -0.2) is 150 Å². The fourth-order valence-electron chi connectivity index (χ4n) is 13.5. The van der Waals surface area contributed by atoms with E-state index in [0.717, 1.165) is 12.0 Å². The smallest absolute Gasteiger partial charge is 0.187 e. The summed E-state index contributed by atoms with van der Waals surface area (Å²) in [4.78, 5) is 0. The zero-order chi connectivity index (χ0) is 41.5. The predicted octanol–water partition coefficient (Wildman–Crippen LogP) is 1.12. The molecule has 0 radical (unpaired) electrons. The maximum absolute atomic E-state index is 12.6. The van der Waals surface area contributed by atoms with Crippen molar-refractivity contribution in [2.75, 3.05) is 13.2 Å². The summed E-state index contributed by atoms with van der Waals surface area (Å²) in [5.41, 5.74) is -1.92. The van der Waals surface area contributed by atoms with Gasteiger partial charge in [-0.25, -0.2) is 0 Å². The summed E-state index contributed by atoms with van der Waals surface area (Å²) < 4.78 is 25.4. The van der Waals surface area contributed by atoms with Crippen LogP contribution in [0.1, 0.15) is 107 Å². The number of fused-ring (bicyclic) bond motifs is 5. The molecule has 21 atom stereocenters. The number of allylic oxidation sites excluding steroid dienone is 2. The van der Waals surface area contributed by atoms with E-state index in [1.165, 1.54) is 0 Å². The van der Waals surface area contributed by atoms with E-state index < -0.39 is 120 Å². The molecule has 0 amide bonds. The van der Waals surface area contributed by atoms with Gasteiger partial charge in [-0.3, -0.25) is 0 Å². The Morgan fingerprint density at radius 3 is 1.89 bits per heavy atom. The third-order valence-electron chi connectivity index (χ3n) is 16.6. The van der Waals surface area contributed by atoms with Crippen molar-refractivity contribution in [1.82, 2.24) is 0 Å². The topological polar surface area (TPSA) is 239 Å². The van der Waals surface area contributed by atoms with Crippen molar-refractivity contribution in [2.24, 2.45) is 45.3 Å². The van der Waals surface area contributed by atoms with Crippen molar-refractivity contribution < 1.29 is 70.0 Å². The van der Waals surface area contributed by atoms with Gasteiger partial charge in [-0.15, -0.1) is 0 Å². The zero-order valence-electron chi connectivity index (χ0n) is 34.6. The number of hydrogen-bond acceptors (Lipinski definition) is 14. The van der Waals surface area contributed by atoms with E-state index in [9.17, 15) is 51.1 Å². The second-order valence-corrected chi connectivity index (χ2v) is 20.2. The molecule has 56 heavy (non-hydrogen) atoms. The highest BCUT2D eigenvalue weighted by molar-refractivity contribution is 5.22. The van der Waals surface area contributed by atoms with Crippen LogP contribution in [0, 0.1) is 45.3 Å². The number of aliphatic hydroxyl groups excluding tert-OH is 10. The molecular weight excluding hydrogens is 728 g/mol. The molecule has 2 heterocycles. The lowest BCUT2D eigenvalue weighted by Gasteiger charge is -2.72. The minimum absolute atomic E-state index is 0.000258. The van der Waals surface area contributed by atoms with E-state index in [4.69, 9.17) is 18.9 Å². The van der Waals surface area contributed by atoms with Crippen molar-refractivity contribution in [2.45, 2.75) is 192 Å².